The van der Waals surface area contributed by atoms with Gasteiger partial charge < -0.3 is 9.88 Å². The molecule has 0 aliphatic carbocycles. The molecule has 3 nitrogen and oxygen atoms in total. The van der Waals surface area contributed by atoms with Crippen molar-refractivity contribution < 1.29 is 4.39 Å². The van der Waals surface area contributed by atoms with Gasteiger partial charge in [-0.25, -0.2) is 9.37 Å². The highest BCUT2D eigenvalue weighted by molar-refractivity contribution is 6.31. The molecule has 0 aliphatic rings. The molecule has 0 atom stereocenters. The summed E-state index contributed by atoms with van der Waals surface area (Å²) < 4.78 is 15.7. The number of imidazole rings is 1. The minimum Gasteiger partial charge on any atom is -0.333 e. The van der Waals surface area contributed by atoms with Crippen LogP contribution in [0.5, 0.6) is 0 Å². The summed E-state index contributed by atoms with van der Waals surface area (Å²) in [6.07, 6.45) is 4.02. The number of hydrogen-bond donors (Lipinski definition) is 1. The van der Waals surface area contributed by atoms with Gasteiger partial charge in [-0.15, -0.1) is 0 Å². The lowest BCUT2D eigenvalue weighted by Gasteiger charge is -2.09. The van der Waals surface area contributed by atoms with Gasteiger partial charge in [0.15, 0.2) is 0 Å². The van der Waals surface area contributed by atoms with Crippen LogP contribution in [0.1, 0.15) is 11.4 Å². The average Bonchev–Trinajstić information content (AvgIpc) is 2.79. The van der Waals surface area contributed by atoms with Crippen LogP contribution >= 0.6 is 11.6 Å². The maximum absolute atomic E-state index is 13.7. The van der Waals surface area contributed by atoms with Crippen LogP contribution in [0.25, 0.3) is 0 Å². The van der Waals surface area contributed by atoms with E-state index in [1.807, 2.05) is 17.8 Å². The Kier molecular flexibility index (Phi) is 4.33. The highest BCUT2D eigenvalue weighted by atomic mass is 35.5. The van der Waals surface area contributed by atoms with Gasteiger partial charge in [-0.2, -0.15) is 0 Å². The molecule has 0 unspecified atom stereocenters. The molecule has 0 radical (unpaired) electrons. The van der Waals surface area contributed by atoms with Crippen LogP contribution in [0.2, 0.25) is 5.02 Å². The Labute approximate surface area is 111 Å². The molecular formula is C13H15ClFN3. The Balaban J connectivity index is 2.21. The van der Waals surface area contributed by atoms with Gasteiger partial charge in [0.25, 0.3) is 0 Å². The second-order valence-corrected chi connectivity index (χ2v) is 4.42. The van der Waals surface area contributed by atoms with E-state index in [-0.39, 0.29) is 5.82 Å². The lowest BCUT2D eigenvalue weighted by molar-refractivity contribution is 0.597. The van der Waals surface area contributed by atoms with Crippen molar-refractivity contribution in [3.8, 4) is 0 Å². The van der Waals surface area contributed by atoms with Gasteiger partial charge >= 0.3 is 0 Å². The van der Waals surface area contributed by atoms with Gasteiger partial charge in [0, 0.05) is 42.5 Å². The number of nitrogens with one attached hydrogen (secondary N) is 1. The van der Waals surface area contributed by atoms with Gasteiger partial charge in [-0.3, -0.25) is 0 Å². The number of hydrogen-bond acceptors (Lipinski definition) is 2. The molecule has 96 valence electrons. The molecule has 0 saturated heterocycles. The molecule has 5 heteroatoms. The number of rotatable bonds is 5. The molecule has 0 bridgehead atoms. The largest absolute Gasteiger partial charge is 0.333 e. The Morgan fingerprint density at radius 2 is 2.28 bits per heavy atom. The van der Waals surface area contributed by atoms with Crippen molar-refractivity contribution >= 4 is 11.6 Å². The van der Waals surface area contributed by atoms with Gasteiger partial charge in [0.1, 0.15) is 11.6 Å². The van der Waals surface area contributed by atoms with Crippen LogP contribution in [0.4, 0.5) is 4.39 Å². The van der Waals surface area contributed by atoms with E-state index in [0.29, 0.717) is 17.0 Å². The zero-order valence-electron chi connectivity index (χ0n) is 10.2. The van der Waals surface area contributed by atoms with Crippen molar-refractivity contribution in [3.63, 3.8) is 0 Å². The zero-order chi connectivity index (χ0) is 13.0. The molecule has 0 saturated carbocycles. The molecular weight excluding hydrogens is 253 g/mol. The van der Waals surface area contributed by atoms with Gasteiger partial charge in [0.05, 0.1) is 0 Å². The summed E-state index contributed by atoms with van der Waals surface area (Å²) in [5, 5.41) is 3.51. The predicted molar refractivity (Wildman–Crippen MR) is 70.4 cm³/mol. The van der Waals surface area contributed by atoms with Crippen molar-refractivity contribution in [1.29, 1.82) is 0 Å². The fourth-order valence-corrected chi connectivity index (χ4v) is 2.03. The fraction of sp³-hybridized carbons (Fsp3) is 0.308. The molecule has 2 aromatic rings. The van der Waals surface area contributed by atoms with Crippen molar-refractivity contribution in [2.45, 2.75) is 13.0 Å². The van der Waals surface area contributed by atoms with Crippen LogP contribution < -0.4 is 5.32 Å². The number of benzene rings is 1. The first-order chi connectivity index (χ1) is 8.72. The molecule has 0 aliphatic heterocycles. The summed E-state index contributed by atoms with van der Waals surface area (Å²) in [4.78, 5) is 4.26. The first kappa shape index (κ1) is 13.1. The summed E-state index contributed by atoms with van der Waals surface area (Å²) in [5.41, 5.74) is 0.496. The third-order valence-electron chi connectivity index (χ3n) is 2.80. The molecule has 1 N–H and O–H groups in total. The van der Waals surface area contributed by atoms with E-state index < -0.39 is 0 Å². The Bertz CT molecular complexity index is 504. The maximum Gasteiger partial charge on any atom is 0.128 e. The summed E-state index contributed by atoms with van der Waals surface area (Å²) in [6, 6.07) is 4.72. The number of likely N-dealkylation sites (N-methyl/N-ethyl adjacent to an activating group) is 1. The van der Waals surface area contributed by atoms with Gasteiger partial charge in [-0.1, -0.05) is 17.7 Å². The normalized spacial score (nSPS) is 10.8. The standard InChI is InChI=1S/C13H15ClFN3/c1-16-5-7-18-8-6-17-13(18)9-10-11(14)3-2-4-12(10)15/h2-4,6,8,16H,5,7,9H2,1H3. The van der Waals surface area contributed by atoms with Gasteiger partial charge in [0.2, 0.25) is 0 Å². The molecule has 0 spiro atoms. The Hall–Kier alpha value is -1.39. The number of halogens is 2. The molecule has 2 rings (SSSR count). The molecule has 1 heterocycles. The van der Waals surface area contributed by atoms with Crippen molar-refractivity contribution in [2.24, 2.45) is 0 Å². The van der Waals surface area contributed by atoms with Crippen molar-refractivity contribution in [3.05, 3.63) is 52.8 Å². The average molecular weight is 268 g/mol. The van der Waals surface area contributed by atoms with E-state index >= 15 is 0 Å². The second kappa shape index (κ2) is 5.98. The first-order valence-corrected chi connectivity index (χ1v) is 6.17. The minimum atomic E-state index is -0.286. The van der Waals surface area contributed by atoms with E-state index in [2.05, 4.69) is 10.3 Å². The predicted octanol–water partition coefficient (Wildman–Crippen LogP) is 2.49. The highest BCUT2D eigenvalue weighted by Crippen LogP contribution is 2.21. The number of nitrogens with zero attached hydrogens (tertiary/aromatic N) is 2. The van der Waals surface area contributed by atoms with E-state index in [9.17, 15) is 4.39 Å². The van der Waals surface area contributed by atoms with Crippen LogP contribution in [0.3, 0.4) is 0 Å². The lowest BCUT2D eigenvalue weighted by Crippen LogP contribution is -2.16. The summed E-state index contributed by atoms with van der Waals surface area (Å²) >= 11 is 6.01. The smallest absolute Gasteiger partial charge is 0.128 e. The van der Waals surface area contributed by atoms with Crippen molar-refractivity contribution in [1.82, 2.24) is 14.9 Å². The van der Waals surface area contributed by atoms with Crippen LogP contribution in [0, 0.1) is 5.82 Å². The third kappa shape index (κ3) is 2.89. The van der Waals surface area contributed by atoms with E-state index in [1.165, 1.54) is 6.07 Å². The lowest BCUT2D eigenvalue weighted by atomic mass is 10.1. The zero-order valence-corrected chi connectivity index (χ0v) is 10.9. The Morgan fingerprint density at radius 3 is 3.00 bits per heavy atom. The Morgan fingerprint density at radius 1 is 1.44 bits per heavy atom. The molecule has 1 aromatic carbocycles. The van der Waals surface area contributed by atoms with Crippen LogP contribution in [0.15, 0.2) is 30.6 Å². The number of aromatic nitrogens is 2. The van der Waals surface area contributed by atoms with Gasteiger partial charge in [-0.05, 0) is 19.2 Å². The van der Waals surface area contributed by atoms with Crippen LogP contribution in [-0.2, 0) is 13.0 Å². The first-order valence-electron chi connectivity index (χ1n) is 5.80. The monoisotopic (exact) mass is 267 g/mol. The summed E-state index contributed by atoms with van der Waals surface area (Å²) in [6.45, 7) is 1.65. The molecule has 0 amide bonds. The maximum atomic E-state index is 13.7. The molecule has 1 aromatic heterocycles. The van der Waals surface area contributed by atoms with E-state index in [1.54, 1.807) is 18.3 Å². The fourth-order valence-electron chi connectivity index (χ4n) is 1.80. The third-order valence-corrected chi connectivity index (χ3v) is 3.16. The van der Waals surface area contributed by atoms with E-state index in [4.69, 9.17) is 11.6 Å². The summed E-state index contributed by atoms with van der Waals surface area (Å²) in [5.74, 6) is 0.530. The SMILES string of the molecule is CNCCn1ccnc1Cc1c(F)cccc1Cl. The van der Waals surface area contributed by atoms with Crippen molar-refractivity contribution in [2.75, 3.05) is 13.6 Å². The summed E-state index contributed by atoms with van der Waals surface area (Å²) in [7, 11) is 1.89. The second-order valence-electron chi connectivity index (χ2n) is 4.02. The topological polar surface area (TPSA) is 29.9 Å². The minimum absolute atomic E-state index is 0.286. The quantitative estimate of drug-likeness (QED) is 0.902. The molecule has 0 fully saturated rings. The highest BCUT2D eigenvalue weighted by Gasteiger charge is 2.11. The molecule has 18 heavy (non-hydrogen) atoms. The van der Waals surface area contributed by atoms with Crippen LogP contribution in [-0.4, -0.2) is 23.1 Å². The van der Waals surface area contributed by atoms with E-state index in [0.717, 1.165) is 18.9 Å².